The Morgan fingerprint density at radius 2 is 1.83 bits per heavy atom. The monoisotopic (exact) mass is 328 g/mol. The van der Waals surface area contributed by atoms with Crippen molar-refractivity contribution in [3.05, 3.63) is 88.5 Å². The molecular weight excluding hydrogens is 314 g/mol. The lowest BCUT2D eigenvalue weighted by Crippen LogP contribution is -2.23. The highest BCUT2D eigenvalue weighted by Crippen LogP contribution is 2.19. The van der Waals surface area contributed by atoms with Gasteiger partial charge in [-0.2, -0.15) is 0 Å². The largest absolute Gasteiger partial charge is 0.386 e. The Morgan fingerprint density at radius 3 is 2.50 bits per heavy atom. The first-order chi connectivity index (χ1) is 11.5. The molecule has 0 bridgehead atoms. The first-order valence-electron chi connectivity index (χ1n) is 7.29. The minimum Gasteiger partial charge on any atom is -0.386 e. The molecule has 0 saturated heterocycles. The molecule has 0 aliphatic heterocycles. The summed E-state index contributed by atoms with van der Waals surface area (Å²) >= 11 is 0. The molecule has 2 aromatic carbocycles. The van der Waals surface area contributed by atoms with Crippen LogP contribution in [0.4, 0.5) is 8.78 Å². The maximum atomic E-state index is 13.7. The van der Waals surface area contributed by atoms with Crippen molar-refractivity contribution in [1.29, 1.82) is 0 Å². The molecule has 4 nitrogen and oxygen atoms in total. The molecule has 122 valence electrons. The summed E-state index contributed by atoms with van der Waals surface area (Å²) in [5, 5.41) is 10.1. The zero-order valence-corrected chi connectivity index (χ0v) is 12.6. The maximum Gasteiger partial charge on any atom is 0.253 e. The molecule has 0 aliphatic carbocycles. The molecule has 1 N–H and O–H groups in total. The molecule has 0 saturated carbocycles. The van der Waals surface area contributed by atoms with E-state index in [9.17, 15) is 18.7 Å². The van der Waals surface area contributed by atoms with Gasteiger partial charge < -0.3 is 5.11 Å². The van der Waals surface area contributed by atoms with Crippen LogP contribution in [0, 0.1) is 11.6 Å². The van der Waals surface area contributed by atoms with Crippen molar-refractivity contribution in [3.63, 3.8) is 0 Å². The summed E-state index contributed by atoms with van der Waals surface area (Å²) in [5.41, 5.74) is 0.868. The molecular formula is C18H14F2N2O2. The Hall–Kier alpha value is -2.86. The SMILES string of the molecule is O=c1cc(-c2ccccc2)ncn1C[C@@H](O)c1ccc(F)cc1F. The second kappa shape index (κ2) is 6.72. The summed E-state index contributed by atoms with van der Waals surface area (Å²) in [5.74, 6) is -1.58. The van der Waals surface area contributed by atoms with Gasteiger partial charge in [-0.05, 0) is 6.07 Å². The normalized spacial score (nSPS) is 12.1. The first kappa shape index (κ1) is 16.0. The van der Waals surface area contributed by atoms with Crippen molar-refractivity contribution in [2.45, 2.75) is 12.6 Å². The average Bonchev–Trinajstić information content (AvgIpc) is 2.57. The molecule has 0 spiro atoms. The molecule has 3 rings (SSSR count). The van der Waals surface area contributed by atoms with Crippen LogP contribution in [0.15, 0.2) is 65.7 Å². The van der Waals surface area contributed by atoms with E-state index < -0.39 is 17.7 Å². The number of halogens is 2. The van der Waals surface area contributed by atoms with Crippen molar-refractivity contribution in [2.24, 2.45) is 0 Å². The molecule has 1 atom stereocenters. The molecule has 0 radical (unpaired) electrons. The van der Waals surface area contributed by atoms with Gasteiger partial charge in [-0.25, -0.2) is 13.8 Å². The number of hydrogen-bond acceptors (Lipinski definition) is 3. The Balaban J connectivity index is 1.84. The Bertz CT molecular complexity index is 910. The Labute approximate surface area is 136 Å². The molecule has 0 fully saturated rings. The van der Waals surface area contributed by atoms with Gasteiger partial charge in [-0.3, -0.25) is 9.36 Å². The van der Waals surface area contributed by atoms with E-state index in [2.05, 4.69) is 4.98 Å². The van der Waals surface area contributed by atoms with Crippen LogP contribution in [-0.4, -0.2) is 14.7 Å². The summed E-state index contributed by atoms with van der Waals surface area (Å²) in [4.78, 5) is 16.4. The Morgan fingerprint density at radius 1 is 1.08 bits per heavy atom. The van der Waals surface area contributed by atoms with E-state index >= 15 is 0 Å². The van der Waals surface area contributed by atoms with Gasteiger partial charge in [0.1, 0.15) is 11.6 Å². The van der Waals surface area contributed by atoms with Crippen molar-refractivity contribution >= 4 is 0 Å². The topological polar surface area (TPSA) is 55.1 Å². The molecule has 1 heterocycles. The number of aliphatic hydroxyl groups is 1. The Kier molecular flexibility index (Phi) is 4.48. The molecule has 24 heavy (non-hydrogen) atoms. The van der Waals surface area contributed by atoms with E-state index in [1.165, 1.54) is 17.0 Å². The van der Waals surface area contributed by atoms with Crippen LogP contribution in [0.1, 0.15) is 11.7 Å². The zero-order valence-electron chi connectivity index (χ0n) is 12.6. The second-order valence-corrected chi connectivity index (χ2v) is 5.31. The lowest BCUT2D eigenvalue weighted by atomic mass is 10.1. The lowest BCUT2D eigenvalue weighted by molar-refractivity contribution is 0.150. The second-order valence-electron chi connectivity index (χ2n) is 5.31. The number of rotatable bonds is 4. The van der Waals surface area contributed by atoms with E-state index in [1.807, 2.05) is 30.3 Å². The molecule has 1 aromatic heterocycles. The molecule has 0 aliphatic rings. The fourth-order valence-electron chi connectivity index (χ4n) is 2.39. The van der Waals surface area contributed by atoms with Gasteiger partial charge in [0.25, 0.3) is 5.56 Å². The summed E-state index contributed by atoms with van der Waals surface area (Å²) < 4.78 is 27.8. The van der Waals surface area contributed by atoms with Crippen LogP contribution in [0.5, 0.6) is 0 Å². The lowest BCUT2D eigenvalue weighted by Gasteiger charge is -2.14. The van der Waals surface area contributed by atoms with Gasteiger partial charge in [0, 0.05) is 23.3 Å². The van der Waals surface area contributed by atoms with Crippen LogP contribution in [0.3, 0.4) is 0 Å². The van der Waals surface area contributed by atoms with Gasteiger partial charge in [0.2, 0.25) is 0 Å². The van der Waals surface area contributed by atoms with Gasteiger partial charge in [-0.15, -0.1) is 0 Å². The predicted molar refractivity (Wildman–Crippen MR) is 85.3 cm³/mol. The highest BCUT2D eigenvalue weighted by molar-refractivity contribution is 5.57. The smallest absolute Gasteiger partial charge is 0.253 e. The molecule has 6 heteroatoms. The van der Waals surface area contributed by atoms with E-state index in [0.717, 1.165) is 17.7 Å². The minimum absolute atomic E-state index is 0.0737. The summed E-state index contributed by atoms with van der Waals surface area (Å²) in [6.45, 7) is -0.177. The number of benzene rings is 2. The molecule has 3 aromatic rings. The molecule has 0 unspecified atom stereocenters. The fraction of sp³-hybridized carbons (Fsp3) is 0.111. The maximum absolute atomic E-state index is 13.7. The molecule has 0 amide bonds. The van der Waals surface area contributed by atoms with Crippen molar-refractivity contribution in [3.8, 4) is 11.3 Å². The average molecular weight is 328 g/mol. The quantitative estimate of drug-likeness (QED) is 0.801. The highest BCUT2D eigenvalue weighted by Gasteiger charge is 2.15. The summed E-state index contributed by atoms with van der Waals surface area (Å²) in [6.07, 6.45) is 0.0163. The third-order valence-corrected chi connectivity index (χ3v) is 3.64. The van der Waals surface area contributed by atoms with Crippen molar-refractivity contribution in [2.75, 3.05) is 0 Å². The van der Waals surface area contributed by atoms with Crippen molar-refractivity contribution in [1.82, 2.24) is 9.55 Å². The summed E-state index contributed by atoms with van der Waals surface area (Å²) in [6, 6.07) is 13.4. The number of aromatic nitrogens is 2. The van der Waals surface area contributed by atoms with Crippen LogP contribution in [-0.2, 0) is 6.54 Å². The fourth-order valence-corrected chi connectivity index (χ4v) is 2.39. The van der Waals surface area contributed by atoms with Crippen LogP contribution in [0.25, 0.3) is 11.3 Å². The van der Waals surface area contributed by atoms with E-state index in [1.54, 1.807) is 0 Å². The number of aliphatic hydroxyl groups excluding tert-OH is 1. The first-order valence-corrected chi connectivity index (χ1v) is 7.29. The van der Waals surface area contributed by atoms with Crippen molar-refractivity contribution < 1.29 is 13.9 Å². The van der Waals surface area contributed by atoms with Crippen LogP contribution >= 0.6 is 0 Å². The van der Waals surface area contributed by atoms with E-state index in [4.69, 9.17) is 0 Å². The van der Waals surface area contributed by atoms with Crippen LogP contribution in [0.2, 0.25) is 0 Å². The van der Waals surface area contributed by atoms with E-state index in [0.29, 0.717) is 11.8 Å². The van der Waals surface area contributed by atoms with Gasteiger partial charge >= 0.3 is 0 Å². The van der Waals surface area contributed by atoms with Gasteiger partial charge in [0.05, 0.1) is 24.7 Å². The summed E-state index contributed by atoms with van der Waals surface area (Å²) in [7, 11) is 0. The third-order valence-electron chi connectivity index (χ3n) is 3.64. The number of nitrogens with zero attached hydrogens (tertiary/aromatic N) is 2. The zero-order chi connectivity index (χ0) is 17.1. The van der Waals surface area contributed by atoms with Gasteiger partial charge in [0.15, 0.2) is 0 Å². The number of hydrogen-bond donors (Lipinski definition) is 1. The predicted octanol–water partition coefficient (Wildman–Crippen LogP) is 2.92. The third kappa shape index (κ3) is 3.38. The van der Waals surface area contributed by atoms with Gasteiger partial charge in [-0.1, -0.05) is 36.4 Å². The van der Waals surface area contributed by atoms with Crippen LogP contribution < -0.4 is 5.56 Å². The minimum atomic E-state index is -1.28. The standard InChI is InChI=1S/C18H14F2N2O2/c19-13-6-7-14(15(20)8-13)17(23)10-22-11-21-16(9-18(22)24)12-4-2-1-3-5-12/h1-9,11,17,23H,10H2/t17-/m1/s1. The highest BCUT2D eigenvalue weighted by atomic mass is 19.1. The van der Waals surface area contributed by atoms with E-state index in [-0.39, 0.29) is 17.7 Å².